The Morgan fingerprint density at radius 2 is 2.08 bits per heavy atom. The number of nitrogens with zero attached hydrogens (tertiary/aromatic N) is 5. The second kappa shape index (κ2) is 6.16. The van der Waals surface area contributed by atoms with Gasteiger partial charge in [0.2, 0.25) is 5.82 Å². The van der Waals surface area contributed by atoms with Crippen molar-refractivity contribution in [2.24, 2.45) is 0 Å². The van der Waals surface area contributed by atoms with E-state index in [1.807, 2.05) is 30.3 Å². The first kappa shape index (κ1) is 15.0. The average Bonchev–Trinajstić information content (AvgIpc) is 3.30. The Kier molecular flexibility index (Phi) is 3.70. The van der Waals surface area contributed by atoms with E-state index in [0.29, 0.717) is 22.7 Å². The van der Waals surface area contributed by atoms with Gasteiger partial charge in [-0.15, -0.1) is 0 Å². The molecule has 0 fully saturated rings. The van der Waals surface area contributed by atoms with Gasteiger partial charge in [0.05, 0.1) is 17.5 Å². The second-order valence-corrected chi connectivity index (χ2v) is 5.31. The summed E-state index contributed by atoms with van der Waals surface area (Å²) in [6, 6.07) is 11.2. The summed E-state index contributed by atoms with van der Waals surface area (Å²) in [6.07, 6.45) is 3.09. The number of ether oxygens (including phenoxy) is 1. The molecule has 0 aliphatic heterocycles. The third-order valence-electron chi connectivity index (χ3n) is 3.70. The molecule has 0 aliphatic carbocycles. The van der Waals surface area contributed by atoms with E-state index >= 15 is 0 Å². The lowest BCUT2D eigenvalue weighted by Gasteiger charge is -2.06. The zero-order chi connectivity index (χ0) is 17.2. The number of esters is 1. The highest BCUT2D eigenvalue weighted by Gasteiger charge is 2.16. The summed E-state index contributed by atoms with van der Waals surface area (Å²) in [5.74, 6) is 0.141. The van der Waals surface area contributed by atoms with Gasteiger partial charge < -0.3 is 9.26 Å². The zero-order valence-electron chi connectivity index (χ0n) is 13.3. The molecule has 3 aromatic heterocycles. The molecule has 8 nitrogen and oxygen atoms in total. The van der Waals surface area contributed by atoms with Crippen molar-refractivity contribution >= 4 is 11.6 Å². The zero-order valence-corrected chi connectivity index (χ0v) is 13.3. The Hall–Kier alpha value is -3.55. The minimum absolute atomic E-state index is 0.116. The van der Waals surface area contributed by atoms with Crippen LogP contribution in [0.15, 0.2) is 53.3 Å². The van der Waals surface area contributed by atoms with Crippen molar-refractivity contribution < 1.29 is 14.1 Å². The highest BCUT2D eigenvalue weighted by molar-refractivity contribution is 5.90. The number of aromatic nitrogens is 5. The monoisotopic (exact) mass is 335 g/mol. The van der Waals surface area contributed by atoms with Crippen molar-refractivity contribution in [2.75, 3.05) is 0 Å². The third kappa shape index (κ3) is 2.85. The molecule has 0 saturated carbocycles. The fourth-order valence-electron chi connectivity index (χ4n) is 2.41. The lowest BCUT2D eigenvalue weighted by atomic mass is 10.2. The summed E-state index contributed by atoms with van der Waals surface area (Å²) in [6.45, 7) is 1.66. The second-order valence-electron chi connectivity index (χ2n) is 5.31. The summed E-state index contributed by atoms with van der Waals surface area (Å²) < 4.78 is 12.0. The van der Waals surface area contributed by atoms with Crippen LogP contribution in [-0.4, -0.2) is 30.7 Å². The minimum Gasteiger partial charge on any atom is -0.452 e. The summed E-state index contributed by atoms with van der Waals surface area (Å²) in [5.41, 5.74) is 2.47. The van der Waals surface area contributed by atoms with Crippen molar-refractivity contribution in [3.63, 3.8) is 0 Å². The predicted octanol–water partition coefficient (Wildman–Crippen LogP) is 2.44. The van der Waals surface area contributed by atoms with Crippen LogP contribution in [0.4, 0.5) is 0 Å². The van der Waals surface area contributed by atoms with Crippen LogP contribution < -0.4 is 0 Å². The molecule has 0 N–H and O–H groups in total. The number of fused-ring (bicyclic) bond motifs is 1. The molecule has 1 aromatic carbocycles. The minimum atomic E-state index is -0.526. The molecule has 4 rings (SSSR count). The molecule has 0 bridgehead atoms. The molecular weight excluding hydrogens is 322 g/mol. The van der Waals surface area contributed by atoms with Crippen molar-refractivity contribution in [2.45, 2.75) is 13.5 Å². The number of carbonyl (C=O) groups excluding carboxylic acids is 1. The number of hydrogen-bond acceptors (Lipinski definition) is 7. The van der Waals surface area contributed by atoms with Gasteiger partial charge >= 0.3 is 5.97 Å². The van der Waals surface area contributed by atoms with Crippen LogP contribution in [0.2, 0.25) is 0 Å². The van der Waals surface area contributed by atoms with Gasteiger partial charge in [0, 0.05) is 17.8 Å². The summed E-state index contributed by atoms with van der Waals surface area (Å²) in [4.78, 5) is 20.7. The highest BCUT2D eigenvalue weighted by atomic mass is 16.6. The lowest BCUT2D eigenvalue weighted by Crippen LogP contribution is -2.11. The van der Waals surface area contributed by atoms with E-state index in [9.17, 15) is 4.79 Å². The molecular formula is C17H13N5O3. The van der Waals surface area contributed by atoms with Crippen LogP contribution in [0.1, 0.15) is 21.9 Å². The van der Waals surface area contributed by atoms with E-state index in [1.165, 1.54) is 6.20 Å². The fraction of sp³-hybridized carbons (Fsp3) is 0.118. The Balaban J connectivity index is 1.48. The third-order valence-corrected chi connectivity index (χ3v) is 3.70. The van der Waals surface area contributed by atoms with Crippen LogP contribution in [0.3, 0.4) is 0 Å². The first-order chi connectivity index (χ1) is 12.2. The largest absolute Gasteiger partial charge is 0.452 e. The van der Waals surface area contributed by atoms with Gasteiger partial charge in [0.1, 0.15) is 0 Å². The lowest BCUT2D eigenvalue weighted by molar-refractivity contribution is 0.0427. The molecule has 3 heterocycles. The maximum absolute atomic E-state index is 12.3. The molecule has 0 saturated heterocycles. The van der Waals surface area contributed by atoms with Crippen LogP contribution in [0.5, 0.6) is 0 Å². The van der Waals surface area contributed by atoms with Crippen molar-refractivity contribution in [1.29, 1.82) is 0 Å². The molecule has 0 spiro atoms. The first-order valence-corrected chi connectivity index (χ1v) is 7.57. The summed E-state index contributed by atoms with van der Waals surface area (Å²) in [7, 11) is 0. The molecule has 25 heavy (non-hydrogen) atoms. The van der Waals surface area contributed by atoms with Crippen LogP contribution in [0, 0.1) is 6.92 Å². The summed E-state index contributed by atoms with van der Waals surface area (Å²) in [5, 5.41) is 8.01. The standard InChI is InChI=1S/C17H13N5O3/c1-11-13(9-18-14-7-8-19-22(11)14)17(23)24-10-15-20-16(21-25-15)12-5-3-2-4-6-12/h2-9H,10H2,1H3. The first-order valence-electron chi connectivity index (χ1n) is 7.57. The Morgan fingerprint density at radius 1 is 1.24 bits per heavy atom. The average molecular weight is 335 g/mol. The topological polar surface area (TPSA) is 95.4 Å². The van der Waals surface area contributed by atoms with Crippen LogP contribution in [-0.2, 0) is 11.3 Å². The van der Waals surface area contributed by atoms with Gasteiger partial charge in [0.15, 0.2) is 12.3 Å². The van der Waals surface area contributed by atoms with Crippen molar-refractivity contribution in [1.82, 2.24) is 24.7 Å². The predicted molar refractivity (Wildman–Crippen MR) is 86.6 cm³/mol. The van der Waals surface area contributed by atoms with E-state index in [4.69, 9.17) is 9.26 Å². The molecule has 4 aromatic rings. The van der Waals surface area contributed by atoms with E-state index in [-0.39, 0.29) is 12.5 Å². The number of carbonyl (C=O) groups is 1. The van der Waals surface area contributed by atoms with E-state index in [0.717, 1.165) is 5.56 Å². The quantitative estimate of drug-likeness (QED) is 0.528. The van der Waals surface area contributed by atoms with Gasteiger partial charge in [-0.3, -0.25) is 0 Å². The van der Waals surface area contributed by atoms with Gasteiger partial charge in [-0.2, -0.15) is 10.1 Å². The smallest absolute Gasteiger partial charge is 0.342 e. The molecule has 124 valence electrons. The molecule has 8 heteroatoms. The Bertz CT molecular complexity index is 1040. The molecule has 0 atom stereocenters. The molecule has 0 radical (unpaired) electrons. The number of aryl methyl sites for hydroxylation is 1. The number of rotatable bonds is 4. The van der Waals surface area contributed by atoms with Crippen molar-refractivity contribution in [3.05, 3.63) is 65.9 Å². The highest BCUT2D eigenvalue weighted by Crippen LogP contribution is 2.16. The number of hydrogen-bond donors (Lipinski definition) is 0. The van der Waals surface area contributed by atoms with E-state index in [1.54, 1.807) is 23.7 Å². The van der Waals surface area contributed by atoms with Gasteiger partial charge in [-0.25, -0.2) is 14.3 Å². The Labute approximate surface area is 142 Å². The maximum atomic E-state index is 12.3. The fourth-order valence-corrected chi connectivity index (χ4v) is 2.41. The van der Waals surface area contributed by atoms with Gasteiger partial charge in [-0.05, 0) is 6.92 Å². The van der Waals surface area contributed by atoms with Gasteiger partial charge in [-0.1, -0.05) is 35.5 Å². The van der Waals surface area contributed by atoms with Crippen LogP contribution >= 0.6 is 0 Å². The van der Waals surface area contributed by atoms with E-state index in [2.05, 4.69) is 20.2 Å². The Morgan fingerprint density at radius 3 is 2.92 bits per heavy atom. The van der Waals surface area contributed by atoms with Crippen LogP contribution in [0.25, 0.3) is 17.0 Å². The normalized spacial score (nSPS) is 10.9. The summed E-state index contributed by atoms with van der Waals surface area (Å²) >= 11 is 0. The molecule has 0 unspecified atom stereocenters. The van der Waals surface area contributed by atoms with E-state index < -0.39 is 5.97 Å². The van der Waals surface area contributed by atoms with Gasteiger partial charge in [0.25, 0.3) is 5.89 Å². The molecule has 0 amide bonds. The maximum Gasteiger partial charge on any atom is 0.342 e. The molecule has 0 aliphatic rings. The van der Waals surface area contributed by atoms with Crippen molar-refractivity contribution in [3.8, 4) is 11.4 Å². The SMILES string of the molecule is Cc1c(C(=O)OCc2nc(-c3ccccc3)no2)cnc2ccnn12. The number of benzene rings is 1.